The second kappa shape index (κ2) is 4.71. The fourth-order valence-corrected chi connectivity index (χ4v) is 2.97. The smallest absolute Gasteiger partial charge is 0.165 e. The second-order valence-electron chi connectivity index (χ2n) is 5.29. The van der Waals surface area contributed by atoms with Crippen molar-refractivity contribution in [2.45, 2.75) is 43.7 Å². The summed E-state index contributed by atoms with van der Waals surface area (Å²) in [5.74, 6) is 0.0280. The Morgan fingerprint density at radius 1 is 1.42 bits per heavy atom. The van der Waals surface area contributed by atoms with Crippen LogP contribution in [0.15, 0.2) is 30.3 Å². The van der Waals surface area contributed by atoms with Gasteiger partial charge in [0.05, 0.1) is 12.7 Å². The lowest BCUT2D eigenvalue weighted by Gasteiger charge is -2.29. The molecule has 2 aliphatic heterocycles. The minimum absolute atomic E-state index is 0.0280. The van der Waals surface area contributed by atoms with Crippen molar-refractivity contribution in [2.24, 2.45) is 0 Å². The Hall–Kier alpha value is -1.23. The first-order valence-electron chi connectivity index (χ1n) is 6.72. The molecule has 0 radical (unpaired) electrons. The number of benzene rings is 1. The van der Waals surface area contributed by atoms with Crippen LogP contribution >= 0.6 is 0 Å². The number of ketones is 1. The molecule has 4 nitrogen and oxygen atoms in total. The Morgan fingerprint density at radius 3 is 2.79 bits per heavy atom. The molecule has 1 N–H and O–H groups in total. The van der Waals surface area contributed by atoms with Crippen LogP contribution in [0.25, 0.3) is 0 Å². The number of Topliss-reactive ketones (excluding diaryl/α,β-unsaturated/α-hetero) is 1. The van der Waals surface area contributed by atoms with Crippen LogP contribution in [0, 0.1) is 0 Å². The highest BCUT2D eigenvalue weighted by molar-refractivity contribution is 5.96. The average Bonchev–Trinajstić information content (AvgIpc) is 2.90. The molecular formula is C15H18O4. The van der Waals surface area contributed by atoms with E-state index in [1.54, 1.807) is 12.1 Å². The first-order valence-corrected chi connectivity index (χ1v) is 6.72. The van der Waals surface area contributed by atoms with E-state index in [1.807, 2.05) is 25.1 Å². The molecule has 2 saturated heterocycles. The largest absolute Gasteiger partial charge is 0.387 e. The molecule has 1 aromatic carbocycles. The van der Waals surface area contributed by atoms with Gasteiger partial charge in [0, 0.05) is 12.0 Å². The second-order valence-corrected chi connectivity index (χ2v) is 5.29. The number of aliphatic hydroxyl groups is 1. The van der Waals surface area contributed by atoms with Gasteiger partial charge in [0.25, 0.3) is 0 Å². The van der Waals surface area contributed by atoms with Gasteiger partial charge in [-0.3, -0.25) is 4.79 Å². The van der Waals surface area contributed by atoms with Crippen molar-refractivity contribution in [3.05, 3.63) is 35.9 Å². The molecule has 0 unspecified atom stereocenters. The van der Waals surface area contributed by atoms with Crippen molar-refractivity contribution in [1.82, 2.24) is 0 Å². The van der Waals surface area contributed by atoms with E-state index in [1.165, 1.54) is 0 Å². The summed E-state index contributed by atoms with van der Waals surface area (Å²) in [5, 5.41) is 10.2. The molecule has 4 heteroatoms. The Kier molecular flexibility index (Phi) is 3.17. The lowest BCUT2D eigenvalue weighted by Crippen LogP contribution is -2.40. The number of carbonyl (C=O) groups is 1. The summed E-state index contributed by atoms with van der Waals surface area (Å²) in [6.45, 7) is 2.39. The zero-order chi connectivity index (χ0) is 13.5. The van der Waals surface area contributed by atoms with Crippen molar-refractivity contribution in [3.63, 3.8) is 0 Å². The molecule has 2 fully saturated rings. The number of carbonyl (C=O) groups excluding carboxylic acids is 1. The summed E-state index contributed by atoms with van der Waals surface area (Å²) in [7, 11) is 0. The molecule has 2 heterocycles. The number of rotatable bonds is 4. The van der Waals surface area contributed by atoms with Crippen LogP contribution in [-0.2, 0) is 9.47 Å². The predicted octanol–water partition coefficient (Wildman–Crippen LogP) is 1.57. The molecule has 0 spiro atoms. The van der Waals surface area contributed by atoms with E-state index in [0.717, 1.165) is 0 Å². The quantitative estimate of drug-likeness (QED) is 0.837. The number of hydrogen-bond donors (Lipinski definition) is 1. The van der Waals surface area contributed by atoms with E-state index in [4.69, 9.17) is 9.47 Å². The zero-order valence-electron chi connectivity index (χ0n) is 10.9. The van der Waals surface area contributed by atoms with E-state index in [-0.39, 0.29) is 24.4 Å². The molecule has 3 rings (SSSR count). The van der Waals surface area contributed by atoms with Crippen molar-refractivity contribution >= 4 is 5.78 Å². The minimum atomic E-state index is -0.619. The van der Waals surface area contributed by atoms with Crippen LogP contribution in [0.5, 0.6) is 0 Å². The van der Waals surface area contributed by atoms with E-state index >= 15 is 0 Å². The molecule has 2 bridgehead atoms. The molecule has 102 valence electrons. The van der Waals surface area contributed by atoms with E-state index < -0.39 is 11.7 Å². The van der Waals surface area contributed by atoms with E-state index in [9.17, 15) is 9.90 Å². The van der Waals surface area contributed by atoms with Gasteiger partial charge in [-0.05, 0) is 6.42 Å². The summed E-state index contributed by atoms with van der Waals surface area (Å²) in [4.78, 5) is 12.2. The van der Waals surface area contributed by atoms with Gasteiger partial charge in [0.2, 0.25) is 0 Å². The van der Waals surface area contributed by atoms with E-state index in [0.29, 0.717) is 18.6 Å². The first-order chi connectivity index (χ1) is 9.16. The van der Waals surface area contributed by atoms with Gasteiger partial charge in [-0.1, -0.05) is 37.3 Å². The van der Waals surface area contributed by atoms with Crippen LogP contribution in [0.2, 0.25) is 0 Å². The zero-order valence-corrected chi connectivity index (χ0v) is 10.9. The van der Waals surface area contributed by atoms with Gasteiger partial charge in [0.15, 0.2) is 5.78 Å². The Morgan fingerprint density at radius 2 is 2.16 bits per heavy atom. The lowest BCUT2D eigenvalue weighted by molar-refractivity contribution is -0.144. The number of ether oxygens (including phenoxy) is 2. The summed E-state index contributed by atoms with van der Waals surface area (Å²) < 4.78 is 11.5. The van der Waals surface area contributed by atoms with Crippen LogP contribution < -0.4 is 0 Å². The molecule has 4 atom stereocenters. The summed E-state index contributed by atoms with van der Waals surface area (Å²) in [6, 6.07) is 9.15. The standard InChI is InChI=1S/C15H18O4/c1-2-15-9-18-13(14(15)17)12(19-15)8-11(16)10-6-4-3-5-7-10/h3-7,12-14,17H,2,8-9H2,1H3/t12-,13-,14-,15-/m0/s1. The van der Waals surface area contributed by atoms with Crippen molar-refractivity contribution in [2.75, 3.05) is 6.61 Å². The van der Waals surface area contributed by atoms with Crippen LogP contribution in [-0.4, -0.2) is 41.4 Å². The van der Waals surface area contributed by atoms with Gasteiger partial charge in [-0.15, -0.1) is 0 Å². The maximum absolute atomic E-state index is 12.2. The van der Waals surface area contributed by atoms with Gasteiger partial charge >= 0.3 is 0 Å². The molecule has 0 saturated carbocycles. The minimum Gasteiger partial charge on any atom is -0.387 e. The summed E-state index contributed by atoms with van der Waals surface area (Å²) >= 11 is 0. The van der Waals surface area contributed by atoms with Crippen LogP contribution in [0.4, 0.5) is 0 Å². The Labute approximate surface area is 112 Å². The molecule has 0 amide bonds. The topological polar surface area (TPSA) is 55.8 Å². The van der Waals surface area contributed by atoms with Crippen molar-refractivity contribution in [3.8, 4) is 0 Å². The normalized spacial score (nSPS) is 36.6. The molecule has 19 heavy (non-hydrogen) atoms. The number of aliphatic hydroxyl groups excluding tert-OH is 1. The fourth-order valence-electron chi connectivity index (χ4n) is 2.97. The molecule has 0 aromatic heterocycles. The highest BCUT2D eigenvalue weighted by Gasteiger charge is 2.59. The number of hydrogen-bond acceptors (Lipinski definition) is 4. The third kappa shape index (κ3) is 2.00. The maximum atomic E-state index is 12.2. The fraction of sp³-hybridized carbons (Fsp3) is 0.533. The van der Waals surface area contributed by atoms with Crippen molar-refractivity contribution < 1.29 is 19.4 Å². The highest BCUT2D eigenvalue weighted by atomic mass is 16.6. The summed E-state index contributed by atoms with van der Waals surface area (Å²) in [6.07, 6.45) is -0.371. The molecular weight excluding hydrogens is 244 g/mol. The lowest BCUT2D eigenvalue weighted by atomic mass is 9.95. The van der Waals surface area contributed by atoms with Crippen LogP contribution in [0.1, 0.15) is 30.1 Å². The third-order valence-electron chi connectivity index (χ3n) is 4.20. The van der Waals surface area contributed by atoms with Gasteiger partial charge in [0.1, 0.15) is 17.8 Å². The summed E-state index contributed by atoms with van der Waals surface area (Å²) in [5.41, 5.74) is 0.0701. The first kappa shape index (κ1) is 12.8. The van der Waals surface area contributed by atoms with Gasteiger partial charge in [-0.25, -0.2) is 0 Å². The molecule has 1 aromatic rings. The molecule has 2 aliphatic rings. The Balaban J connectivity index is 1.71. The average molecular weight is 262 g/mol. The predicted molar refractivity (Wildman–Crippen MR) is 69.0 cm³/mol. The van der Waals surface area contributed by atoms with Gasteiger partial charge < -0.3 is 14.6 Å². The maximum Gasteiger partial charge on any atom is 0.165 e. The molecule has 0 aliphatic carbocycles. The van der Waals surface area contributed by atoms with Crippen molar-refractivity contribution in [1.29, 1.82) is 0 Å². The highest BCUT2D eigenvalue weighted by Crippen LogP contribution is 2.43. The van der Waals surface area contributed by atoms with Gasteiger partial charge in [-0.2, -0.15) is 0 Å². The monoisotopic (exact) mass is 262 g/mol. The van der Waals surface area contributed by atoms with E-state index in [2.05, 4.69) is 0 Å². The Bertz CT molecular complexity index is 472. The third-order valence-corrected chi connectivity index (χ3v) is 4.20. The van der Waals surface area contributed by atoms with Crippen LogP contribution in [0.3, 0.4) is 0 Å². The SMILES string of the molecule is CC[C@@]12CO[C@@H]([C@H](CC(=O)c3ccccc3)O1)[C@@H]2O. The number of fused-ring (bicyclic) bond motifs is 2.